The molecule has 208 valence electrons. The topological polar surface area (TPSA) is 91.2 Å². The van der Waals surface area contributed by atoms with Crippen LogP contribution in [-0.4, -0.2) is 79.1 Å². The summed E-state index contributed by atoms with van der Waals surface area (Å²) in [6.45, 7) is 6.77. The lowest BCUT2D eigenvalue weighted by atomic mass is 10.0. The van der Waals surface area contributed by atoms with Crippen LogP contribution in [0.4, 0.5) is 25.8 Å². The minimum Gasteiger partial charge on any atom is -0.487 e. The van der Waals surface area contributed by atoms with Crippen LogP contribution in [0.5, 0.6) is 5.75 Å². The van der Waals surface area contributed by atoms with Crippen LogP contribution in [0.3, 0.4) is 0 Å². The molecule has 38 heavy (non-hydrogen) atoms. The van der Waals surface area contributed by atoms with Gasteiger partial charge in [-0.2, -0.15) is 0 Å². The number of benzene rings is 2. The van der Waals surface area contributed by atoms with Crippen LogP contribution in [0.1, 0.15) is 33.6 Å². The molecular formula is C27H37F2N5O4. The standard InChI is InChI=1S/C26H33F2N5O4.CH4/c1-2-37-25-18-21(4-6-24(25)33(35)36)29-20-7-11-32(12-8-20)26(34)9-10-30-13-15-31(16-14-30)23-5-3-19(27)17-22(23)28;/h3-6,17-18,20,29H,2,7-16H2,1H3;1H4. The molecule has 11 heteroatoms. The van der Waals surface area contributed by atoms with E-state index in [2.05, 4.69) is 10.2 Å². The van der Waals surface area contributed by atoms with Gasteiger partial charge in [0.2, 0.25) is 5.91 Å². The molecule has 0 bridgehead atoms. The van der Waals surface area contributed by atoms with E-state index in [1.165, 1.54) is 18.2 Å². The average molecular weight is 534 g/mol. The Labute approximate surface area is 222 Å². The molecule has 0 aromatic heterocycles. The van der Waals surface area contributed by atoms with Crippen LogP contribution >= 0.6 is 0 Å². The van der Waals surface area contributed by atoms with Crippen molar-refractivity contribution in [1.82, 2.24) is 9.80 Å². The summed E-state index contributed by atoms with van der Waals surface area (Å²) in [6.07, 6.45) is 2.01. The largest absolute Gasteiger partial charge is 0.487 e. The second kappa shape index (κ2) is 13.4. The third-order valence-electron chi connectivity index (χ3n) is 6.94. The molecule has 1 amide bonds. The Morgan fingerprint density at radius 2 is 1.79 bits per heavy atom. The number of hydrogen-bond acceptors (Lipinski definition) is 7. The molecule has 0 saturated carbocycles. The van der Waals surface area contributed by atoms with Gasteiger partial charge in [0.25, 0.3) is 0 Å². The molecule has 2 aromatic carbocycles. The molecule has 9 nitrogen and oxygen atoms in total. The van der Waals surface area contributed by atoms with Crippen LogP contribution < -0.4 is 15.0 Å². The highest BCUT2D eigenvalue weighted by Gasteiger charge is 2.25. The second-order valence-corrected chi connectivity index (χ2v) is 9.35. The summed E-state index contributed by atoms with van der Waals surface area (Å²) in [5.74, 6) is -0.765. The first-order valence-corrected chi connectivity index (χ1v) is 12.7. The number of nitro benzene ring substituents is 1. The van der Waals surface area contributed by atoms with E-state index in [9.17, 15) is 23.7 Å². The first kappa shape index (κ1) is 29.1. The smallest absolute Gasteiger partial charge is 0.311 e. The van der Waals surface area contributed by atoms with Crippen molar-refractivity contribution in [1.29, 1.82) is 0 Å². The van der Waals surface area contributed by atoms with Gasteiger partial charge in [0.1, 0.15) is 11.6 Å². The maximum Gasteiger partial charge on any atom is 0.311 e. The van der Waals surface area contributed by atoms with E-state index < -0.39 is 16.6 Å². The van der Waals surface area contributed by atoms with E-state index in [-0.39, 0.29) is 30.8 Å². The zero-order chi connectivity index (χ0) is 26.4. The molecule has 4 rings (SSSR count). The van der Waals surface area contributed by atoms with E-state index >= 15 is 0 Å². The van der Waals surface area contributed by atoms with Crippen molar-refractivity contribution in [3.63, 3.8) is 0 Å². The summed E-state index contributed by atoms with van der Waals surface area (Å²) in [5, 5.41) is 14.6. The lowest BCUT2D eigenvalue weighted by Crippen LogP contribution is -2.48. The highest BCUT2D eigenvalue weighted by atomic mass is 19.1. The van der Waals surface area contributed by atoms with Crippen molar-refractivity contribution in [3.05, 3.63) is 58.1 Å². The highest BCUT2D eigenvalue weighted by molar-refractivity contribution is 5.76. The van der Waals surface area contributed by atoms with E-state index in [4.69, 9.17) is 4.74 Å². The van der Waals surface area contributed by atoms with Gasteiger partial charge < -0.3 is 19.9 Å². The van der Waals surface area contributed by atoms with Crippen molar-refractivity contribution in [2.45, 2.75) is 39.7 Å². The van der Waals surface area contributed by atoms with Crippen molar-refractivity contribution in [3.8, 4) is 5.75 Å². The van der Waals surface area contributed by atoms with Gasteiger partial charge >= 0.3 is 5.69 Å². The quantitative estimate of drug-likeness (QED) is 0.374. The number of nitrogens with zero attached hydrogens (tertiary/aromatic N) is 4. The fourth-order valence-electron chi connectivity index (χ4n) is 4.90. The second-order valence-electron chi connectivity index (χ2n) is 9.35. The monoisotopic (exact) mass is 533 g/mol. The fraction of sp³-hybridized carbons (Fsp3) is 0.519. The average Bonchev–Trinajstić information content (AvgIpc) is 2.88. The Morgan fingerprint density at radius 3 is 2.42 bits per heavy atom. The number of ether oxygens (including phenoxy) is 1. The molecule has 0 spiro atoms. The first-order chi connectivity index (χ1) is 17.8. The third-order valence-corrected chi connectivity index (χ3v) is 6.94. The molecule has 0 unspecified atom stereocenters. The predicted molar refractivity (Wildman–Crippen MR) is 144 cm³/mol. The van der Waals surface area contributed by atoms with Crippen molar-refractivity contribution in [2.75, 3.05) is 62.6 Å². The molecule has 2 aliphatic heterocycles. The van der Waals surface area contributed by atoms with E-state index in [1.807, 2.05) is 9.80 Å². The lowest BCUT2D eigenvalue weighted by molar-refractivity contribution is -0.385. The van der Waals surface area contributed by atoms with Crippen LogP contribution in [0, 0.1) is 21.7 Å². The Morgan fingerprint density at radius 1 is 1.08 bits per heavy atom. The van der Waals surface area contributed by atoms with E-state index in [0.29, 0.717) is 51.4 Å². The van der Waals surface area contributed by atoms with Gasteiger partial charge in [-0.15, -0.1) is 0 Å². The molecule has 2 saturated heterocycles. The zero-order valence-electron chi connectivity index (χ0n) is 21.0. The number of hydrogen-bond donors (Lipinski definition) is 1. The minimum atomic E-state index is -0.583. The number of nitrogens with one attached hydrogen (secondary N) is 1. The summed E-state index contributed by atoms with van der Waals surface area (Å²) < 4.78 is 32.6. The van der Waals surface area contributed by atoms with E-state index in [0.717, 1.165) is 37.7 Å². The van der Waals surface area contributed by atoms with Crippen LogP contribution in [0.15, 0.2) is 36.4 Å². The number of carbonyl (C=O) groups excluding carboxylic acids is 1. The fourth-order valence-corrected chi connectivity index (χ4v) is 4.90. The summed E-state index contributed by atoms with van der Waals surface area (Å²) in [4.78, 5) is 29.5. The number of amides is 1. The molecule has 1 N–H and O–H groups in total. The Hall–Kier alpha value is -3.47. The summed E-state index contributed by atoms with van der Waals surface area (Å²) in [7, 11) is 0. The normalized spacial score (nSPS) is 16.6. The van der Waals surface area contributed by atoms with Gasteiger partial charge in [-0.05, 0) is 38.0 Å². The van der Waals surface area contributed by atoms with Crippen LogP contribution in [0.2, 0.25) is 0 Å². The Bertz CT molecular complexity index is 1100. The number of nitro groups is 1. The van der Waals surface area contributed by atoms with Crippen LogP contribution in [-0.2, 0) is 4.79 Å². The summed E-state index contributed by atoms with van der Waals surface area (Å²) in [5.41, 5.74) is 1.12. The molecule has 2 heterocycles. The van der Waals surface area contributed by atoms with Crippen molar-refractivity contribution < 1.29 is 23.2 Å². The number of anilines is 2. The van der Waals surface area contributed by atoms with Crippen molar-refractivity contribution >= 4 is 23.0 Å². The Kier molecular flexibility index (Phi) is 10.2. The molecule has 0 aliphatic carbocycles. The highest BCUT2D eigenvalue weighted by Crippen LogP contribution is 2.31. The molecular weight excluding hydrogens is 496 g/mol. The number of likely N-dealkylation sites (tertiary alicyclic amines) is 1. The predicted octanol–water partition coefficient (Wildman–Crippen LogP) is 4.52. The molecule has 2 aromatic rings. The van der Waals surface area contributed by atoms with Gasteiger partial charge in [-0.3, -0.25) is 19.8 Å². The number of carbonyl (C=O) groups is 1. The molecule has 0 atom stereocenters. The first-order valence-electron chi connectivity index (χ1n) is 12.7. The SMILES string of the molecule is C.CCOc1cc(NC2CCN(C(=O)CCN3CCN(c4ccc(F)cc4F)CC3)CC2)ccc1[N+](=O)[O-]. The maximum atomic E-state index is 14.1. The number of rotatable bonds is 9. The van der Waals surface area contributed by atoms with Gasteiger partial charge in [-0.25, -0.2) is 8.78 Å². The lowest BCUT2D eigenvalue weighted by Gasteiger charge is -2.37. The van der Waals surface area contributed by atoms with Crippen LogP contribution in [0.25, 0.3) is 0 Å². The maximum absolute atomic E-state index is 14.1. The van der Waals surface area contributed by atoms with Gasteiger partial charge in [-0.1, -0.05) is 7.43 Å². The van der Waals surface area contributed by atoms with Gasteiger partial charge in [0.15, 0.2) is 5.75 Å². The van der Waals surface area contributed by atoms with Gasteiger partial charge in [0.05, 0.1) is 17.2 Å². The van der Waals surface area contributed by atoms with Crippen molar-refractivity contribution in [2.24, 2.45) is 0 Å². The molecule has 2 fully saturated rings. The van der Waals surface area contributed by atoms with Gasteiger partial charge in [0, 0.05) is 82.2 Å². The number of piperidine rings is 1. The zero-order valence-corrected chi connectivity index (χ0v) is 21.0. The molecule has 0 radical (unpaired) electrons. The number of halogens is 2. The summed E-state index contributed by atoms with van der Waals surface area (Å²) in [6, 6.07) is 8.60. The summed E-state index contributed by atoms with van der Waals surface area (Å²) >= 11 is 0. The molecule has 2 aliphatic rings. The minimum absolute atomic E-state index is 0. The third kappa shape index (κ3) is 7.31. The van der Waals surface area contributed by atoms with E-state index in [1.54, 1.807) is 19.1 Å². The Balaban J connectivity index is 0.00000400. The number of piperazine rings is 1.